The Morgan fingerprint density at radius 1 is 1.05 bits per heavy atom. The molecule has 37 heavy (non-hydrogen) atoms. The van der Waals surface area contributed by atoms with Crippen molar-refractivity contribution in [2.75, 3.05) is 13.7 Å². The van der Waals surface area contributed by atoms with Gasteiger partial charge >= 0.3 is 0 Å². The number of hydrogen-bond acceptors (Lipinski definition) is 8. The Morgan fingerprint density at radius 2 is 1.84 bits per heavy atom. The van der Waals surface area contributed by atoms with Crippen molar-refractivity contribution in [2.24, 2.45) is 0 Å². The summed E-state index contributed by atoms with van der Waals surface area (Å²) in [4.78, 5) is 14.8. The van der Waals surface area contributed by atoms with E-state index in [0.29, 0.717) is 17.9 Å². The first-order chi connectivity index (χ1) is 18.0. The van der Waals surface area contributed by atoms with Gasteiger partial charge in [0.15, 0.2) is 12.5 Å². The molecule has 9 nitrogen and oxygen atoms in total. The highest BCUT2D eigenvalue weighted by Gasteiger charge is 2.58. The Balaban J connectivity index is 1.37. The Hall–Kier alpha value is -2.95. The maximum absolute atomic E-state index is 13.4. The van der Waals surface area contributed by atoms with Gasteiger partial charge in [0, 0.05) is 6.07 Å². The molecule has 1 amide bonds. The summed E-state index contributed by atoms with van der Waals surface area (Å²) in [5.74, 6) is 0.731. The fourth-order valence-electron chi connectivity index (χ4n) is 4.96. The number of likely N-dealkylation sites (tertiary alicyclic amines) is 1. The van der Waals surface area contributed by atoms with Gasteiger partial charge < -0.3 is 38.8 Å². The van der Waals surface area contributed by atoms with Crippen molar-refractivity contribution in [3.8, 4) is 11.5 Å². The third-order valence-electron chi connectivity index (χ3n) is 6.93. The first kappa shape index (κ1) is 25.7. The van der Waals surface area contributed by atoms with Gasteiger partial charge in [-0.3, -0.25) is 4.79 Å². The summed E-state index contributed by atoms with van der Waals surface area (Å²) >= 11 is 0. The van der Waals surface area contributed by atoms with Gasteiger partial charge in [-0.05, 0) is 24.1 Å². The fourth-order valence-corrected chi connectivity index (χ4v) is 4.96. The van der Waals surface area contributed by atoms with Gasteiger partial charge in [0.25, 0.3) is 5.91 Å². The molecule has 2 aromatic rings. The van der Waals surface area contributed by atoms with Crippen molar-refractivity contribution in [2.45, 2.75) is 68.8 Å². The molecule has 0 spiro atoms. The molecule has 3 fully saturated rings. The average molecular weight is 512 g/mol. The van der Waals surface area contributed by atoms with Crippen molar-refractivity contribution in [1.29, 1.82) is 0 Å². The second-order valence-electron chi connectivity index (χ2n) is 9.42. The largest absolute Gasteiger partial charge is 0.497 e. The van der Waals surface area contributed by atoms with Crippen LogP contribution >= 0.6 is 0 Å². The lowest BCUT2D eigenvalue weighted by atomic mass is 9.90. The fraction of sp³-hybridized carbons (Fsp3) is 0.464. The molecule has 3 aliphatic heterocycles. The number of rotatable bonds is 8. The van der Waals surface area contributed by atoms with Gasteiger partial charge in [0.05, 0.1) is 19.8 Å². The number of β-lactam (4-membered cyclic amide) rings is 1. The van der Waals surface area contributed by atoms with E-state index in [1.807, 2.05) is 49.4 Å². The first-order valence-electron chi connectivity index (χ1n) is 12.6. The number of aliphatic hydroxyl groups is 2. The predicted molar refractivity (Wildman–Crippen MR) is 134 cm³/mol. The zero-order valence-corrected chi connectivity index (χ0v) is 20.9. The van der Waals surface area contributed by atoms with E-state index >= 15 is 0 Å². The van der Waals surface area contributed by atoms with Crippen LogP contribution in [-0.2, 0) is 19.0 Å². The second-order valence-corrected chi connectivity index (χ2v) is 9.42. The quantitative estimate of drug-likeness (QED) is 0.521. The summed E-state index contributed by atoms with van der Waals surface area (Å²) in [5, 5.41) is 21.9. The van der Waals surface area contributed by atoms with E-state index in [1.165, 1.54) is 4.90 Å². The van der Waals surface area contributed by atoms with Crippen LogP contribution in [0.3, 0.4) is 0 Å². The van der Waals surface area contributed by atoms with Crippen LogP contribution < -0.4 is 9.47 Å². The van der Waals surface area contributed by atoms with Crippen molar-refractivity contribution in [3.05, 3.63) is 66.2 Å². The molecule has 1 unspecified atom stereocenters. The monoisotopic (exact) mass is 511 g/mol. The molecule has 0 aliphatic carbocycles. The van der Waals surface area contributed by atoms with Crippen molar-refractivity contribution in [1.82, 2.24) is 4.90 Å². The minimum absolute atomic E-state index is 0.200. The molecule has 2 aromatic carbocycles. The van der Waals surface area contributed by atoms with E-state index in [2.05, 4.69) is 0 Å². The van der Waals surface area contributed by atoms with E-state index in [1.54, 1.807) is 31.4 Å². The van der Waals surface area contributed by atoms with Crippen LogP contribution in [0, 0.1) is 0 Å². The molecule has 3 aliphatic rings. The molecule has 2 N–H and O–H groups in total. The van der Waals surface area contributed by atoms with Crippen LogP contribution in [0.25, 0.3) is 6.08 Å². The lowest BCUT2D eigenvalue weighted by molar-refractivity contribution is -0.344. The molecular weight excluding hydrogens is 478 g/mol. The first-order valence-corrected chi connectivity index (χ1v) is 12.6. The van der Waals surface area contributed by atoms with E-state index in [-0.39, 0.29) is 12.5 Å². The molecule has 3 saturated heterocycles. The van der Waals surface area contributed by atoms with Gasteiger partial charge in [-0.15, -0.1) is 0 Å². The normalized spacial score (nSPS) is 33.6. The van der Waals surface area contributed by atoms with E-state index in [4.69, 9.17) is 23.7 Å². The van der Waals surface area contributed by atoms with Crippen molar-refractivity contribution >= 4 is 12.0 Å². The Kier molecular flexibility index (Phi) is 7.78. The van der Waals surface area contributed by atoms with Crippen LogP contribution in [0.5, 0.6) is 11.5 Å². The number of aliphatic hydroxyl groups excluding tert-OH is 2. The van der Waals surface area contributed by atoms with Gasteiger partial charge in [-0.25, -0.2) is 0 Å². The number of carbonyl (C=O) groups excluding carboxylic acids is 1. The van der Waals surface area contributed by atoms with Gasteiger partial charge in [-0.1, -0.05) is 61.9 Å². The van der Waals surface area contributed by atoms with Crippen LogP contribution in [-0.4, -0.2) is 83.8 Å². The minimum Gasteiger partial charge on any atom is -0.497 e. The minimum atomic E-state index is -1.36. The maximum atomic E-state index is 13.4. The number of ether oxygens (including phenoxy) is 5. The number of fused-ring (bicyclic) bond motifs is 1. The highest BCUT2D eigenvalue weighted by molar-refractivity contribution is 5.90. The second kappa shape index (κ2) is 11.2. The average Bonchev–Trinajstić information content (AvgIpc) is 2.93. The molecule has 8 atom stereocenters. The maximum Gasteiger partial charge on any atom is 0.268 e. The molecular formula is C28H33NO8. The highest BCUT2D eigenvalue weighted by atomic mass is 16.7. The van der Waals surface area contributed by atoms with Crippen LogP contribution in [0.15, 0.2) is 60.7 Å². The van der Waals surface area contributed by atoms with E-state index < -0.39 is 49.1 Å². The topological polar surface area (TPSA) is 107 Å². The number of carbonyl (C=O) groups is 1. The summed E-state index contributed by atoms with van der Waals surface area (Å²) in [6.07, 6.45) is -1.08. The van der Waals surface area contributed by atoms with E-state index in [0.717, 1.165) is 12.0 Å². The van der Waals surface area contributed by atoms with Crippen LogP contribution in [0.1, 0.15) is 25.3 Å². The van der Waals surface area contributed by atoms with Gasteiger partial charge in [0.2, 0.25) is 6.10 Å². The van der Waals surface area contributed by atoms with Gasteiger partial charge in [-0.2, -0.15) is 0 Å². The lowest BCUT2D eigenvalue weighted by Gasteiger charge is -2.54. The zero-order chi connectivity index (χ0) is 25.9. The molecule has 0 radical (unpaired) electrons. The Bertz CT molecular complexity index is 1090. The summed E-state index contributed by atoms with van der Waals surface area (Å²) < 4.78 is 29.1. The van der Waals surface area contributed by atoms with Gasteiger partial charge in [0.1, 0.15) is 35.9 Å². The SMILES string of the molecule is CCCC1OC[C@H]2O[C@@H](N3C(=O)[C@H](Oc4cccc(OC)c4)[C@@H]3/C=C/c3ccccc3)[C@H](O)[C@@H](O)[C@@H]2O1. The molecule has 9 heteroatoms. The third-order valence-corrected chi connectivity index (χ3v) is 6.93. The smallest absolute Gasteiger partial charge is 0.268 e. The van der Waals surface area contributed by atoms with E-state index in [9.17, 15) is 15.0 Å². The molecule has 3 heterocycles. The Morgan fingerprint density at radius 3 is 2.59 bits per heavy atom. The molecule has 5 rings (SSSR count). The van der Waals surface area contributed by atoms with Crippen LogP contribution in [0.4, 0.5) is 0 Å². The molecule has 198 valence electrons. The third kappa shape index (κ3) is 5.23. The molecule has 0 saturated carbocycles. The summed E-state index contributed by atoms with van der Waals surface area (Å²) in [6.45, 7) is 2.21. The summed E-state index contributed by atoms with van der Waals surface area (Å²) in [7, 11) is 1.56. The number of hydrogen-bond donors (Lipinski definition) is 2. The highest BCUT2D eigenvalue weighted by Crippen LogP contribution is 2.37. The zero-order valence-electron chi connectivity index (χ0n) is 20.9. The molecule has 0 aromatic heterocycles. The van der Waals surface area contributed by atoms with Crippen molar-refractivity contribution < 1.29 is 38.7 Å². The number of nitrogens with zero attached hydrogens (tertiary/aromatic N) is 1. The summed E-state index contributed by atoms with van der Waals surface area (Å²) in [6, 6.07) is 16.1. The van der Waals surface area contributed by atoms with Crippen LogP contribution in [0.2, 0.25) is 0 Å². The van der Waals surface area contributed by atoms with Crippen molar-refractivity contribution in [3.63, 3.8) is 0 Å². The number of amides is 1. The standard InChI is InChI=1S/C28H33NO8/c1-3-8-22-34-16-21-26(37-22)23(30)24(31)28(36-21)29-20(14-13-17-9-5-4-6-10-17)25(27(29)32)35-19-12-7-11-18(15-19)33-2/h4-7,9-15,20-26,28,30-31H,3,8,16H2,1-2H3/b14-13+/t20-,21+,22?,23+,24+,25+,26+,28+/m0/s1. The number of benzene rings is 2. The predicted octanol–water partition coefficient (Wildman–Crippen LogP) is 2.36. The number of methoxy groups -OCH3 is 1. The summed E-state index contributed by atoms with van der Waals surface area (Å²) in [5.41, 5.74) is 0.947. The lowest BCUT2D eigenvalue weighted by Crippen LogP contribution is -2.75. The Labute approximate surface area is 216 Å². The molecule has 0 bridgehead atoms.